The monoisotopic (exact) mass is 171 g/mol. The van der Waals surface area contributed by atoms with Gasteiger partial charge in [-0.25, -0.2) is 4.39 Å². The van der Waals surface area contributed by atoms with E-state index in [1.54, 1.807) is 0 Å². The van der Waals surface area contributed by atoms with Crippen LogP contribution in [0.1, 0.15) is 0 Å². The third-order valence-corrected chi connectivity index (χ3v) is 1.14. The van der Waals surface area contributed by atoms with Crippen LogP contribution < -0.4 is 0 Å². The Hall–Kier alpha value is 0.0400. The lowest BCUT2D eigenvalue weighted by Crippen LogP contribution is -2.11. The number of rotatable bonds is 4. The fraction of sp³-hybridized carbons (Fsp3) is 0.750. The van der Waals surface area contributed by atoms with Gasteiger partial charge in [-0.1, -0.05) is 0 Å². The Bertz CT molecular complexity index is 133. The number of halogens is 1. The molecule has 1 unspecified atom stereocenters. The second-order valence-corrected chi connectivity index (χ2v) is 3.32. The summed E-state index contributed by atoms with van der Waals surface area (Å²) in [4.78, 5) is 16.4. The van der Waals surface area contributed by atoms with Gasteiger partial charge in [-0.05, 0) is 6.92 Å². The summed E-state index contributed by atoms with van der Waals surface area (Å²) < 4.78 is 25.9. The molecule has 4 nitrogen and oxygen atoms in total. The first-order valence-corrected chi connectivity index (χ1v) is 4.30. The molecular weight excluding hydrogens is 162 g/mol. The molecule has 0 bridgehead atoms. The van der Waals surface area contributed by atoms with Crippen LogP contribution in [0.25, 0.3) is 0 Å². The molecule has 0 aliphatic rings. The Morgan fingerprint density at radius 3 is 2.50 bits per heavy atom. The minimum Gasteiger partial charge on any atom is -0.363 e. The predicted octanol–water partition coefficient (Wildman–Crippen LogP) is 0.310. The van der Waals surface area contributed by atoms with Crippen molar-refractivity contribution < 1.29 is 23.5 Å². The number of ether oxygens (including phenoxy) is 1. The lowest BCUT2D eigenvalue weighted by atomic mass is 10.5. The summed E-state index contributed by atoms with van der Waals surface area (Å²) in [7, 11) is -4.16. The van der Waals surface area contributed by atoms with E-state index in [1.807, 2.05) is 0 Å². The fourth-order valence-corrected chi connectivity index (χ4v) is 0.652. The maximum Gasteiger partial charge on any atom is 0.350 e. The van der Waals surface area contributed by atoms with Gasteiger partial charge >= 0.3 is 7.60 Å². The topological polar surface area (TPSA) is 66.8 Å². The van der Waals surface area contributed by atoms with Crippen LogP contribution in [0.4, 0.5) is 4.39 Å². The van der Waals surface area contributed by atoms with Gasteiger partial charge in [0.15, 0.2) is 0 Å². The zero-order valence-electron chi connectivity index (χ0n) is 5.23. The van der Waals surface area contributed by atoms with Gasteiger partial charge in [0.2, 0.25) is 0 Å². The van der Waals surface area contributed by atoms with Crippen molar-refractivity contribution in [2.75, 3.05) is 13.0 Å². The summed E-state index contributed by atoms with van der Waals surface area (Å²) in [6.45, 7) is 2.27. The SMILES string of the molecule is [CH2]C(CF)OCP(=O)(O)O. The van der Waals surface area contributed by atoms with E-state index in [0.717, 1.165) is 0 Å². The maximum atomic E-state index is 11.5. The third-order valence-electron chi connectivity index (χ3n) is 0.651. The molecule has 0 saturated heterocycles. The number of alkyl halides is 1. The molecule has 0 heterocycles. The smallest absolute Gasteiger partial charge is 0.350 e. The Morgan fingerprint density at radius 2 is 2.20 bits per heavy atom. The van der Waals surface area contributed by atoms with Crippen molar-refractivity contribution in [2.45, 2.75) is 6.10 Å². The van der Waals surface area contributed by atoms with E-state index in [1.165, 1.54) is 0 Å². The van der Waals surface area contributed by atoms with Crippen molar-refractivity contribution in [2.24, 2.45) is 0 Å². The zero-order chi connectivity index (χ0) is 8.20. The highest BCUT2D eigenvalue weighted by Gasteiger charge is 2.14. The summed E-state index contributed by atoms with van der Waals surface area (Å²) in [5.41, 5.74) is 0. The summed E-state index contributed by atoms with van der Waals surface area (Å²) >= 11 is 0. The maximum absolute atomic E-state index is 11.5. The largest absolute Gasteiger partial charge is 0.363 e. The lowest BCUT2D eigenvalue weighted by molar-refractivity contribution is 0.0865. The molecule has 0 aromatic carbocycles. The highest BCUT2D eigenvalue weighted by Crippen LogP contribution is 2.34. The third kappa shape index (κ3) is 6.16. The lowest BCUT2D eigenvalue weighted by Gasteiger charge is -2.08. The Balaban J connectivity index is 3.46. The Morgan fingerprint density at radius 1 is 1.70 bits per heavy atom. The molecule has 1 atom stereocenters. The van der Waals surface area contributed by atoms with E-state index < -0.39 is 26.7 Å². The minimum atomic E-state index is -4.16. The van der Waals surface area contributed by atoms with Gasteiger partial charge in [-0.2, -0.15) is 0 Å². The fourth-order valence-electron chi connectivity index (χ4n) is 0.247. The van der Waals surface area contributed by atoms with Crippen molar-refractivity contribution in [1.82, 2.24) is 0 Å². The average Bonchev–Trinajstić information content (AvgIpc) is 1.81. The van der Waals surface area contributed by atoms with Crippen LogP contribution in [0.15, 0.2) is 0 Å². The van der Waals surface area contributed by atoms with Gasteiger partial charge in [0.1, 0.15) is 13.0 Å². The first kappa shape index (κ1) is 10.0. The molecule has 61 valence electrons. The van der Waals surface area contributed by atoms with E-state index in [4.69, 9.17) is 9.79 Å². The van der Waals surface area contributed by atoms with E-state index in [0.29, 0.717) is 0 Å². The van der Waals surface area contributed by atoms with Gasteiger partial charge in [0.25, 0.3) is 0 Å². The highest BCUT2D eigenvalue weighted by molar-refractivity contribution is 7.51. The summed E-state index contributed by atoms with van der Waals surface area (Å²) in [6, 6.07) is 0. The van der Waals surface area contributed by atoms with Gasteiger partial charge in [-0.15, -0.1) is 0 Å². The highest BCUT2D eigenvalue weighted by atomic mass is 31.2. The molecule has 10 heavy (non-hydrogen) atoms. The van der Waals surface area contributed by atoms with Gasteiger partial charge in [-0.3, -0.25) is 4.57 Å². The molecule has 0 aromatic rings. The van der Waals surface area contributed by atoms with E-state index in [9.17, 15) is 8.96 Å². The zero-order valence-corrected chi connectivity index (χ0v) is 6.13. The normalized spacial score (nSPS) is 15.2. The van der Waals surface area contributed by atoms with Crippen molar-refractivity contribution in [3.05, 3.63) is 6.92 Å². The Kier molecular flexibility index (Phi) is 4.05. The molecule has 0 rings (SSSR count). The van der Waals surface area contributed by atoms with E-state index >= 15 is 0 Å². The molecular formula is C4H9FO4P. The molecule has 0 fully saturated rings. The van der Waals surface area contributed by atoms with Crippen LogP contribution in [-0.2, 0) is 9.30 Å². The van der Waals surface area contributed by atoms with Gasteiger partial charge < -0.3 is 14.5 Å². The minimum absolute atomic E-state index is 0.773. The van der Waals surface area contributed by atoms with Crippen LogP contribution in [0.2, 0.25) is 0 Å². The van der Waals surface area contributed by atoms with Crippen LogP contribution in [0.3, 0.4) is 0 Å². The van der Waals surface area contributed by atoms with Crippen LogP contribution in [0.5, 0.6) is 0 Å². The summed E-state index contributed by atoms with van der Waals surface area (Å²) in [5.74, 6) is 0. The molecule has 0 aromatic heterocycles. The summed E-state index contributed by atoms with van der Waals surface area (Å²) in [5, 5.41) is 0. The van der Waals surface area contributed by atoms with Crippen molar-refractivity contribution in [3.8, 4) is 0 Å². The van der Waals surface area contributed by atoms with Crippen molar-refractivity contribution in [3.63, 3.8) is 0 Å². The number of hydrogen-bond donors (Lipinski definition) is 2. The second-order valence-electron chi connectivity index (χ2n) is 1.74. The van der Waals surface area contributed by atoms with Crippen molar-refractivity contribution >= 4 is 7.60 Å². The molecule has 0 spiro atoms. The van der Waals surface area contributed by atoms with Crippen LogP contribution >= 0.6 is 7.60 Å². The molecule has 1 radical (unpaired) electrons. The second kappa shape index (κ2) is 4.03. The van der Waals surface area contributed by atoms with Gasteiger partial charge in [0.05, 0.1) is 6.10 Å². The predicted molar refractivity (Wildman–Crippen MR) is 33.1 cm³/mol. The Labute approximate surface area is 58.2 Å². The summed E-state index contributed by atoms with van der Waals surface area (Å²) in [6.07, 6.45) is -1.77. The first-order chi connectivity index (χ1) is 4.45. The molecule has 2 N–H and O–H groups in total. The molecule has 0 amide bonds. The number of hydrogen-bond acceptors (Lipinski definition) is 2. The van der Waals surface area contributed by atoms with Gasteiger partial charge in [0, 0.05) is 0 Å². The quantitative estimate of drug-likeness (QED) is 0.597. The molecule has 6 heteroatoms. The molecule has 0 aliphatic heterocycles. The van der Waals surface area contributed by atoms with Crippen molar-refractivity contribution in [1.29, 1.82) is 0 Å². The van der Waals surface area contributed by atoms with E-state index in [-0.39, 0.29) is 0 Å². The van der Waals surface area contributed by atoms with Crippen LogP contribution in [0, 0.1) is 6.92 Å². The average molecular weight is 171 g/mol. The van der Waals surface area contributed by atoms with E-state index in [2.05, 4.69) is 11.7 Å². The van der Waals surface area contributed by atoms with Crippen LogP contribution in [-0.4, -0.2) is 28.9 Å². The first-order valence-electron chi connectivity index (χ1n) is 2.51. The molecule has 0 saturated carbocycles. The molecule has 0 aliphatic carbocycles. The standard InChI is InChI=1S/C4H9FO4P/c1-4(2-5)9-3-10(6,7)8/h4H,1-3H2,(H2,6,7,8).